The summed E-state index contributed by atoms with van der Waals surface area (Å²) in [6.45, 7) is 7.05. The largest absolute Gasteiger partial charge is 0.481 e. The molecular formula is C15H21Cl2NO2. The van der Waals surface area contributed by atoms with Gasteiger partial charge in [0, 0.05) is 18.5 Å². The molecule has 1 N–H and O–H groups in total. The van der Waals surface area contributed by atoms with Crippen LogP contribution in [0, 0.1) is 0 Å². The number of aliphatic carboxylic acids is 1. The van der Waals surface area contributed by atoms with Gasteiger partial charge in [0.2, 0.25) is 0 Å². The van der Waals surface area contributed by atoms with Gasteiger partial charge >= 0.3 is 5.97 Å². The van der Waals surface area contributed by atoms with Gasteiger partial charge < -0.3 is 5.11 Å². The molecule has 0 amide bonds. The van der Waals surface area contributed by atoms with Gasteiger partial charge in [-0.3, -0.25) is 9.69 Å². The van der Waals surface area contributed by atoms with Crippen LogP contribution in [0.2, 0.25) is 10.0 Å². The Hall–Kier alpha value is -0.770. The van der Waals surface area contributed by atoms with Crippen molar-refractivity contribution >= 4 is 29.2 Å². The zero-order valence-electron chi connectivity index (χ0n) is 12.1. The highest BCUT2D eigenvalue weighted by Gasteiger charge is 2.19. The summed E-state index contributed by atoms with van der Waals surface area (Å²) in [7, 11) is 0. The highest BCUT2D eigenvalue weighted by Crippen LogP contribution is 2.29. The number of carboxylic acid groups (broad SMARTS) is 1. The third-order valence-corrected chi connectivity index (χ3v) is 4.13. The van der Waals surface area contributed by atoms with Crippen LogP contribution in [0.5, 0.6) is 0 Å². The van der Waals surface area contributed by atoms with Crippen LogP contribution in [0.3, 0.4) is 0 Å². The summed E-state index contributed by atoms with van der Waals surface area (Å²) in [4.78, 5) is 12.9. The van der Waals surface area contributed by atoms with E-state index in [1.165, 1.54) is 0 Å². The van der Waals surface area contributed by atoms with Gasteiger partial charge in [-0.15, -0.1) is 0 Å². The van der Waals surface area contributed by atoms with Crippen LogP contribution in [-0.2, 0) is 4.79 Å². The number of benzene rings is 1. The minimum atomic E-state index is -0.754. The van der Waals surface area contributed by atoms with Crippen molar-refractivity contribution in [1.29, 1.82) is 0 Å². The van der Waals surface area contributed by atoms with E-state index in [-0.39, 0.29) is 12.5 Å². The molecule has 0 aliphatic heterocycles. The maximum absolute atomic E-state index is 10.6. The standard InChI is InChI=1S/C15H21Cl2NO2/c1-10(2)18(8-4-5-15(19)20)11(3)12-6-7-13(16)14(17)9-12/h6-7,9-11H,4-5,8H2,1-3H3,(H,19,20). The van der Waals surface area contributed by atoms with Gasteiger partial charge in [0.25, 0.3) is 0 Å². The molecule has 0 aliphatic rings. The van der Waals surface area contributed by atoms with Gasteiger partial charge in [-0.05, 0) is 51.4 Å². The fourth-order valence-corrected chi connectivity index (χ4v) is 2.58. The first kappa shape index (κ1) is 17.3. The monoisotopic (exact) mass is 317 g/mol. The van der Waals surface area contributed by atoms with Gasteiger partial charge in [0.15, 0.2) is 0 Å². The van der Waals surface area contributed by atoms with Gasteiger partial charge in [-0.1, -0.05) is 29.3 Å². The van der Waals surface area contributed by atoms with E-state index < -0.39 is 5.97 Å². The topological polar surface area (TPSA) is 40.5 Å². The number of hydrogen-bond acceptors (Lipinski definition) is 2. The van der Waals surface area contributed by atoms with Crippen molar-refractivity contribution in [2.75, 3.05) is 6.54 Å². The second kappa shape index (κ2) is 7.87. The van der Waals surface area contributed by atoms with Gasteiger partial charge in [0.05, 0.1) is 10.0 Å². The zero-order valence-corrected chi connectivity index (χ0v) is 13.6. The zero-order chi connectivity index (χ0) is 15.3. The van der Waals surface area contributed by atoms with Crippen LogP contribution in [0.25, 0.3) is 0 Å². The molecule has 20 heavy (non-hydrogen) atoms. The van der Waals surface area contributed by atoms with Gasteiger partial charge in [0.1, 0.15) is 0 Å². The molecule has 0 saturated carbocycles. The van der Waals surface area contributed by atoms with Crippen LogP contribution in [0.1, 0.15) is 45.2 Å². The van der Waals surface area contributed by atoms with Gasteiger partial charge in [-0.25, -0.2) is 0 Å². The molecule has 0 heterocycles. The second-order valence-corrected chi connectivity index (χ2v) is 5.99. The summed E-state index contributed by atoms with van der Waals surface area (Å²) in [5.74, 6) is -0.754. The van der Waals surface area contributed by atoms with Crippen molar-refractivity contribution in [3.63, 3.8) is 0 Å². The van der Waals surface area contributed by atoms with E-state index in [9.17, 15) is 4.79 Å². The summed E-state index contributed by atoms with van der Waals surface area (Å²) in [5.41, 5.74) is 1.09. The first-order chi connectivity index (χ1) is 9.32. The summed E-state index contributed by atoms with van der Waals surface area (Å²) >= 11 is 12.0. The number of carbonyl (C=O) groups is 1. The second-order valence-electron chi connectivity index (χ2n) is 5.18. The molecule has 0 radical (unpaired) electrons. The Morgan fingerprint density at radius 1 is 1.25 bits per heavy atom. The van der Waals surface area contributed by atoms with Crippen LogP contribution >= 0.6 is 23.2 Å². The Morgan fingerprint density at radius 3 is 2.40 bits per heavy atom. The molecule has 5 heteroatoms. The Morgan fingerprint density at radius 2 is 1.90 bits per heavy atom. The van der Waals surface area contributed by atoms with E-state index in [1.807, 2.05) is 12.1 Å². The SMILES string of the molecule is CC(C)N(CCCC(=O)O)C(C)c1ccc(Cl)c(Cl)c1. The molecule has 0 fully saturated rings. The smallest absolute Gasteiger partial charge is 0.303 e. The highest BCUT2D eigenvalue weighted by molar-refractivity contribution is 6.42. The summed E-state index contributed by atoms with van der Waals surface area (Å²) < 4.78 is 0. The van der Waals surface area contributed by atoms with Crippen molar-refractivity contribution in [1.82, 2.24) is 4.90 Å². The molecule has 112 valence electrons. The van der Waals surface area contributed by atoms with E-state index in [2.05, 4.69) is 25.7 Å². The van der Waals surface area contributed by atoms with Crippen molar-refractivity contribution < 1.29 is 9.90 Å². The fourth-order valence-electron chi connectivity index (χ4n) is 2.28. The third-order valence-electron chi connectivity index (χ3n) is 3.39. The number of hydrogen-bond donors (Lipinski definition) is 1. The highest BCUT2D eigenvalue weighted by atomic mass is 35.5. The van der Waals surface area contributed by atoms with Crippen LogP contribution in [0.15, 0.2) is 18.2 Å². The fraction of sp³-hybridized carbons (Fsp3) is 0.533. The Balaban J connectivity index is 2.79. The lowest BCUT2D eigenvalue weighted by molar-refractivity contribution is -0.137. The minimum absolute atomic E-state index is 0.165. The molecule has 0 aromatic heterocycles. The molecule has 0 spiro atoms. The number of halogens is 2. The number of carboxylic acids is 1. The average molecular weight is 318 g/mol. The first-order valence-corrected chi connectivity index (χ1v) is 7.51. The normalized spacial score (nSPS) is 12.9. The first-order valence-electron chi connectivity index (χ1n) is 6.75. The molecule has 0 aliphatic carbocycles. The average Bonchev–Trinajstić information content (AvgIpc) is 2.36. The van der Waals surface area contributed by atoms with E-state index in [0.29, 0.717) is 22.5 Å². The van der Waals surface area contributed by atoms with Crippen molar-refractivity contribution in [2.45, 2.75) is 45.7 Å². The minimum Gasteiger partial charge on any atom is -0.481 e. The molecular weight excluding hydrogens is 297 g/mol. The predicted octanol–water partition coefficient (Wildman–Crippen LogP) is 4.63. The van der Waals surface area contributed by atoms with Crippen LogP contribution in [0.4, 0.5) is 0 Å². The van der Waals surface area contributed by atoms with Crippen molar-refractivity contribution in [2.24, 2.45) is 0 Å². The van der Waals surface area contributed by atoms with E-state index in [1.54, 1.807) is 6.07 Å². The van der Waals surface area contributed by atoms with Crippen LogP contribution in [-0.4, -0.2) is 28.6 Å². The molecule has 3 nitrogen and oxygen atoms in total. The molecule has 1 atom stereocenters. The van der Waals surface area contributed by atoms with Crippen molar-refractivity contribution in [3.8, 4) is 0 Å². The Kier molecular flexibility index (Phi) is 6.80. The molecule has 0 bridgehead atoms. The molecule has 1 rings (SSSR count). The molecule has 1 aromatic rings. The summed E-state index contributed by atoms with van der Waals surface area (Å²) in [6, 6.07) is 6.13. The quantitative estimate of drug-likeness (QED) is 0.797. The molecule has 1 aromatic carbocycles. The van der Waals surface area contributed by atoms with Gasteiger partial charge in [-0.2, -0.15) is 0 Å². The summed E-state index contributed by atoms with van der Waals surface area (Å²) in [6.07, 6.45) is 0.830. The Labute approximate surface area is 130 Å². The lowest BCUT2D eigenvalue weighted by Crippen LogP contribution is -2.34. The third kappa shape index (κ3) is 4.97. The maximum atomic E-state index is 10.6. The molecule has 1 unspecified atom stereocenters. The van der Waals surface area contributed by atoms with Crippen molar-refractivity contribution in [3.05, 3.63) is 33.8 Å². The number of nitrogens with zero attached hydrogens (tertiary/aromatic N) is 1. The van der Waals surface area contributed by atoms with E-state index in [0.717, 1.165) is 12.1 Å². The maximum Gasteiger partial charge on any atom is 0.303 e. The molecule has 0 saturated heterocycles. The van der Waals surface area contributed by atoms with Crippen LogP contribution < -0.4 is 0 Å². The van der Waals surface area contributed by atoms with E-state index in [4.69, 9.17) is 28.3 Å². The van der Waals surface area contributed by atoms with E-state index >= 15 is 0 Å². The lowest BCUT2D eigenvalue weighted by Gasteiger charge is -2.33. The predicted molar refractivity (Wildman–Crippen MR) is 83.6 cm³/mol. The lowest BCUT2D eigenvalue weighted by atomic mass is 10.0. The summed E-state index contributed by atoms with van der Waals surface area (Å²) in [5, 5.41) is 9.83. The number of rotatable bonds is 7. The Bertz CT molecular complexity index is 463.